The Kier molecular flexibility index (Phi) is 4.64. The second kappa shape index (κ2) is 6.23. The predicted octanol–water partition coefficient (Wildman–Crippen LogP) is 4.17. The summed E-state index contributed by atoms with van der Waals surface area (Å²) in [4.78, 5) is 14.7. The van der Waals surface area contributed by atoms with Crippen molar-refractivity contribution in [3.05, 3.63) is 51.7 Å². The molecule has 2 aromatic rings. The summed E-state index contributed by atoms with van der Waals surface area (Å²) in [6.45, 7) is 0.517. The number of alkyl halides is 1. The fourth-order valence-corrected chi connectivity index (χ4v) is 2.62. The van der Waals surface area contributed by atoms with Gasteiger partial charge in [0.1, 0.15) is 5.88 Å². The van der Waals surface area contributed by atoms with Gasteiger partial charge in [0.05, 0.1) is 6.54 Å². The van der Waals surface area contributed by atoms with Crippen molar-refractivity contribution in [2.45, 2.75) is 6.54 Å². The van der Waals surface area contributed by atoms with Gasteiger partial charge in [-0.3, -0.25) is 4.79 Å². The molecule has 0 aliphatic carbocycles. The summed E-state index contributed by atoms with van der Waals surface area (Å²) < 4.78 is 0. The van der Waals surface area contributed by atoms with Crippen molar-refractivity contribution in [2.24, 2.45) is 0 Å². The molecule has 0 N–H and O–H groups in total. The monoisotopic (exact) mass is 299 g/mol. The fourth-order valence-electron chi connectivity index (χ4n) is 1.60. The third kappa shape index (κ3) is 3.25. The van der Waals surface area contributed by atoms with E-state index in [1.807, 2.05) is 29.6 Å². The van der Waals surface area contributed by atoms with Crippen LogP contribution in [0.4, 0.5) is 5.69 Å². The highest BCUT2D eigenvalue weighted by molar-refractivity contribution is 7.09. The summed E-state index contributed by atoms with van der Waals surface area (Å²) >= 11 is 13.2. The van der Waals surface area contributed by atoms with Gasteiger partial charge in [-0.15, -0.1) is 22.9 Å². The van der Waals surface area contributed by atoms with Crippen LogP contribution in [0.2, 0.25) is 5.02 Å². The average Bonchev–Trinajstić information content (AvgIpc) is 2.88. The van der Waals surface area contributed by atoms with Gasteiger partial charge in [0.2, 0.25) is 5.91 Å². The van der Waals surface area contributed by atoms with Crippen LogP contribution < -0.4 is 4.90 Å². The highest BCUT2D eigenvalue weighted by atomic mass is 35.5. The maximum Gasteiger partial charge on any atom is 0.242 e. The molecule has 1 heterocycles. The number of carbonyl (C=O) groups is 1. The molecule has 5 heteroatoms. The molecule has 0 unspecified atom stereocenters. The summed E-state index contributed by atoms with van der Waals surface area (Å²) in [6.07, 6.45) is 0. The lowest BCUT2D eigenvalue weighted by Gasteiger charge is -2.21. The lowest BCUT2D eigenvalue weighted by Crippen LogP contribution is -2.31. The minimum Gasteiger partial charge on any atom is -0.306 e. The Bertz CT molecular complexity index is 528. The third-order valence-electron chi connectivity index (χ3n) is 2.43. The van der Waals surface area contributed by atoms with E-state index in [9.17, 15) is 4.79 Å². The zero-order valence-corrected chi connectivity index (χ0v) is 11.8. The van der Waals surface area contributed by atoms with E-state index in [2.05, 4.69) is 0 Å². The molecule has 1 aromatic carbocycles. The number of hydrogen-bond acceptors (Lipinski definition) is 2. The zero-order chi connectivity index (χ0) is 13.0. The van der Waals surface area contributed by atoms with Gasteiger partial charge in [-0.1, -0.05) is 23.7 Å². The molecule has 0 aliphatic rings. The Morgan fingerprint density at radius 3 is 2.72 bits per heavy atom. The smallest absolute Gasteiger partial charge is 0.242 e. The summed E-state index contributed by atoms with van der Waals surface area (Å²) in [7, 11) is 0. The van der Waals surface area contributed by atoms with E-state index < -0.39 is 0 Å². The predicted molar refractivity (Wildman–Crippen MR) is 77.7 cm³/mol. The van der Waals surface area contributed by atoms with Crippen LogP contribution in [0, 0.1) is 0 Å². The normalized spacial score (nSPS) is 10.3. The Morgan fingerprint density at radius 2 is 2.11 bits per heavy atom. The number of nitrogens with zero attached hydrogens (tertiary/aromatic N) is 1. The van der Waals surface area contributed by atoms with Gasteiger partial charge < -0.3 is 4.90 Å². The molecule has 0 radical (unpaired) electrons. The lowest BCUT2D eigenvalue weighted by atomic mass is 10.2. The Balaban J connectivity index is 2.28. The molecule has 18 heavy (non-hydrogen) atoms. The van der Waals surface area contributed by atoms with E-state index in [0.29, 0.717) is 11.6 Å². The number of benzene rings is 1. The number of carbonyl (C=O) groups excluding carboxylic acids is 1. The van der Waals surface area contributed by atoms with Gasteiger partial charge in [-0.2, -0.15) is 0 Å². The highest BCUT2D eigenvalue weighted by Gasteiger charge is 2.15. The van der Waals surface area contributed by atoms with Crippen molar-refractivity contribution < 1.29 is 4.79 Å². The molecule has 2 rings (SSSR count). The number of rotatable bonds is 4. The first-order valence-electron chi connectivity index (χ1n) is 5.35. The summed E-state index contributed by atoms with van der Waals surface area (Å²) in [5.41, 5.74) is 0.765. The van der Waals surface area contributed by atoms with Crippen LogP contribution in [-0.4, -0.2) is 11.8 Å². The van der Waals surface area contributed by atoms with Crippen LogP contribution >= 0.6 is 34.5 Å². The number of thiophene rings is 1. The first kappa shape index (κ1) is 13.4. The fraction of sp³-hybridized carbons (Fsp3) is 0.154. The largest absolute Gasteiger partial charge is 0.306 e. The Morgan fingerprint density at radius 1 is 1.28 bits per heavy atom. The maximum absolute atomic E-state index is 11.9. The van der Waals surface area contributed by atoms with Crippen molar-refractivity contribution in [3.8, 4) is 0 Å². The molecule has 94 valence electrons. The van der Waals surface area contributed by atoms with Crippen LogP contribution in [0.15, 0.2) is 41.8 Å². The quantitative estimate of drug-likeness (QED) is 0.776. The molecule has 1 amide bonds. The molecule has 0 saturated carbocycles. The van der Waals surface area contributed by atoms with E-state index in [4.69, 9.17) is 23.2 Å². The SMILES string of the molecule is O=C(CCl)N(Cc1cccs1)c1cccc(Cl)c1. The number of halogens is 2. The summed E-state index contributed by atoms with van der Waals surface area (Å²) in [5, 5.41) is 2.59. The average molecular weight is 300 g/mol. The van der Waals surface area contributed by atoms with Crippen LogP contribution in [0.25, 0.3) is 0 Å². The summed E-state index contributed by atoms with van der Waals surface area (Å²) in [5.74, 6) is -0.176. The Hall–Kier alpha value is -1.03. The van der Waals surface area contributed by atoms with Gasteiger partial charge in [-0.05, 0) is 29.6 Å². The second-order valence-corrected chi connectivity index (χ2v) is 5.41. The molecule has 0 spiro atoms. The standard InChI is InChI=1S/C13H11Cl2NOS/c14-8-13(17)16(9-12-5-2-6-18-12)11-4-1-3-10(15)7-11/h1-7H,8-9H2. The van der Waals surface area contributed by atoms with Gasteiger partial charge in [0, 0.05) is 15.6 Å². The number of amides is 1. The molecule has 0 atom stereocenters. The van der Waals surface area contributed by atoms with Crippen molar-refractivity contribution in [3.63, 3.8) is 0 Å². The van der Waals surface area contributed by atoms with Crippen LogP contribution in [0.3, 0.4) is 0 Å². The van der Waals surface area contributed by atoms with Gasteiger partial charge in [-0.25, -0.2) is 0 Å². The minimum atomic E-state index is -0.132. The molecule has 1 aromatic heterocycles. The highest BCUT2D eigenvalue weighted by Crippen LogP contribution is 2.23. The van der Waals surface area contributed by atoms with E-state index in [1.54, 1.807) is 28.4 Å². The van der Waals surface area contributed by atoms with E-state index in [-0.39, 0.29) is 11.8 Å². The summed E-state index contributed by atoms with van der Waals surface area (Å²) in [6, 6.07) is 11.2. The van der Waals surface area contributed by atoms with Crippen molar-refractivity contribution in [1.82, 2.24) is 0 Å². The molecule has 0 saturated heterocycles. The molecular weight excluding hydrogens is 289 g/mol. The van der Waals surface area contributed by atoms with E-state index in [0.717, 1.165) is 10.6 Å². The van der Waals surface area contributed by atoms with Crippen LogP contribution in [0.1, 0.15) is 4.88 Å². The zero-order valence-electron chi connectivity index (χ0n) is 9.48. The molecule has 0 fully saturated rings. The topological polar surface area (TPSA) is 20.3 Å². The van der Waals surface area contributed by atoms with Crippen molar-refractivity contribution in [1.29, 1.82) is 0 Å². The molecular formula is C13H11Cl2NOS. The van der Waals surface area contributed by atoms with Crippen LogP contribution in [-0.2, 0) is 11.3 Å². The Labute approximate surface area is 120 Å². The number of hydrogen-bond donors (Lipinski definition) is 0. The molecule has 2 nitrogen and oxygen atoms in total. The van der Waals surface area contributed by atoms with Gasteiger partial charge >= 0.3 is 0 Å². The van der Waals surface area contributed by atoms with E-state index in [1.165, 1.54) is 0 Å². The minimum absolute atomic E-state index is 0.0438. The molecule has 0 aliphatic heterocycles. The van der Waals surface area contributed by atoms with E-state index >= 15 is 0 Å². The van der Waals surface area contributed by atoms with Crippen molar-refractivity contribution in [2.75, 3.05) is 10.8 Å². The first-order chi connectivity index (χ1) is 8.70. The second-order valence-electron chi connectivity index (χ2n) is 3.67. The van der Waals surface area contributed by atoms with Gasteiger partial charge in [0.15, 0.2) is 0 Å². The molecule has 0 bridgehead atoms. The third-order valence-corrected chi connectivity index (χ3v) is 3.75. The first-order valence-corrected chi connectivity index (χ1v) is 7.14. The lowest BCUT2D eigenvalue weighted by molar-refractivity contribution is -0.116. The maximum atomic E-state index is 11.9. The van der Waals surface area contributed by atoms with Crippen LogP contribution in [0.5, 0.6) is 0 Å². The van der Waals surface area contributed by atoms with Gasteiger partial charge in [0.25, 0.3) is 0 Å². The van der Waals surface area contributed by atoms with Crippen molar-refractivity contribution >= 4 is 46.1 Å². The number of anilines is 1.